The van der Waals surface area contributed by atoms with Gasteiger partial charge in [0.15, 0.2) is 0 Å². The first-order valence-corrected chi connectivity index (χ1v) is 4.17. The van der Waals surface area contributed by atoms with Crippen molar-refractivity contribution >= 4 is 5.97 Å². The predicted molar refractivity (Wildman–Crippen MR) is 48.3 cm³/mol. The largest absolute Gasteiger partial charge is 0.481 e. The molecule has 76 valence electrons. The second-order valence-electron chi connectivity index (χ2n) is 3.08. The number of aliphatic hydroxyl groups is 1. The number of halogens is 1. The van der Waals surface area contributed by atoms with Gasteiger partial charge in [0.1, 0.15) is 5.82 Å². The van der Waals surface area contributed by atoms with Gasteiger partial charge in [0.25, 0.3) is 0 Å². The third kappa shape index (κ3) is 2.29. The van der Waals surface area contributed by atoms with E-state index in [9.17, 15) is 14.3 Å². The molecule has 0 aliphatic carbocycles. The zero-order valence-corrected chi connectivity index (χ0v) is 7.70. The Kier molecular flexibility index (Phi) is 3.19. The van der Waals surface area contributed by atoms with E-state index in [2.05, 4.69) is 0 Å². The van der Waals surface area contributed by atoms with Crippen molar-refractivity contribution in [3.8, 4) is 0 Å². The van der Waals surface area contributed by atoms with Gasteiger partial charge in [-0.05, 0) is 18.6 Å². The minimum absolute atomic E-state index is 0.0647. The van der Waals surface area contributed by atoms with Gasteiger partial charge in [0, 0.05) is 5.56 Å². The van der Waals surface area contributed by atoms with Crippen LogP contribution in [0.4, 0.5) is 4.39 Å². The highest BCUT2D eigenvalue weighted by atomic mass is 19.1. The average molecular weight is 198 g/mol. The molecule has 0 unspecified atom stereocenters. The van der Waals surface area contributed by atoms with Crippen LogP contribution in [0, 0.1) is 12.7 Å². The fraction of sp³-hybridized carbons (Fsp3) is 0.300. The molecule has 14 heavy (non-hydrogen) atoms. The van der Waals surface area contributed by atoms with E-state index in [-0.39, 0.29) is 5.56 Å². The van der Waals surface area contributed by atoms with Crippen LogP contribution >= 0.6 is 0 Å². The van der Waals surface area contributed by atoms with Gasteiger partial charge in [-0.25, -0.2) is 4.39 Å². The molecule has 0 saturated heterocycles. The highest BCUT2D eigenvalue weighted by molar-refractivity contribution is 5.67. The number of aliphatic carboxylic acids is 1. The molecular formula is C10H11FO3. The molecule has 0 saturated carbocycles. The van der Waals surface area contributed by atoms with Crippen molar-refractivity contribution in [2.24, 2.45) is 0 Å². The summed E-state index contributed by atoms with van der Waals surface area (Å²) in [6.07, 6.45) is -1.77. The Balaban J connectivity index is 2.99. The van der Waals surface area contributed by atoms with Gasteiger partial charge in [0.2, 0.25) is 0 Å². The Morgan fingerprint density at radius 3 is 2.71 bits per heavy atom. The lowest BCUT2D eigenvalue weighted by Crippen LogP contribution is -2.08. The lowest BCUT2D eigenvalue weighted by atomic mass is 10.0. The second kappa shape index (κ2) is 4.19. The van der Waals surface area contributed by atoms with Gasteiger partial charge < -0.3 is 10.2 Å². The monoisotopic (exact) mass is 198 g/mol. The van der Waals surface area contributed by atoms with Crippen molar-refractivity contribution in [1.82, 2.24) is 0 Å². The van der Waals surface area contributed by atoms with Crippen molar-refractivity contribution < 1.29 is 19.4 Å². The minimum Gasteiger partial charge on any atom is -0.481 e. The van der Waals surface area contributed by atoms with Crippen LogP contribution in [0.2, 0.25) is 0 Å². The Morgan fingerprint density at radius 1 is 1.57 bits per heavy atom. The molecule has 3 nitrogen and oxygen atoms in total. The standard InChI is InChI=1S/C10H11FO3/c1-6-3-2-4-7(11)10(6)8(12)5-9(13)14/h2-4,8,12H,5H2,1H3,(H,13,14)/t8-/m0/s1. The number of hydrogen-bond acceptors (Lipinski definition) is 2. The van der Waals surface area contributed by atoms with Crippen LogP contribution in [0.5, 0.6) is 0 Å². The van der Waals surface area contributed by atoms with Gasteiger partial charge in [-0.1, -0.05) is 12.1 Å². The third-order valence-corrected chi connectivity index (χ3v) is 1.97. The molecule has 0 fully saturated rings. The van der Waals surface area contributed by atoms with Gasteiger partial charge in [-0.15, -0.1) is 0 Å². The maximum absolute atomic E-state index is 13.2. The van der Waals surface area contributed by atoms with Crippen LogP contribution in [0.25, 0.3) is 0 Å². The van der Waals surface area contributed by atoms with Gasteiger partial charge in [-0.3, -0.25) is 4.79 Å². The molecule has 0 bridgehead atoms. The predicted octanol–water partition coefficient (Wildman–Crippen LogP) is 1.64. The molecule has 0 heterocycles. The van der Waals surface area contributed by atoms with E-state index in [0.717, 1.165) is 0 Å². The van der Waals surface area contributed by atoms with Crippen molar-refractivity contribution in [1.29, 1.82) is 0 Å². The van der Waals surface area contributed by atoms with Crippen LogP contribution in [0.15, 0.2) is 18.2 Å². The number of aliphatic hydroxyl groups excluding tert-OH is 1. The molecule has 1 aromatic rings. The van der Waals surface area contributed by atoms with Crippen LogP contribution in [0.3, 0.4) is 0 Å². The minimum atomic E-state index is -1.28. The highest BCUT2D eigenvalue weighted by Gasteiger charge is 2.17. The zero-order chi connectivity index (χ0) is 10.7. The number of rotatable bonds is 3. The van der Waals surface area contributed by atoms with Crippen molar-refractivity contribution in [2.75, 3.05) is 0 Å². The summed E-state index contributed by atoms with van der Waals surface area (Å²) < 4.78 is 13.2. The van der Waals surface area contributed by atoms with E-state index in [4.69, 9.17) is 5.11 Å². The lowest BCUT2D eigenvalue weighted by molar-refractivity contribution is -0.139. The van der Waals surface area contributed by atoms with Crippen LogP contribution in [-0.2, 0) is 4.79 Å². The number of carboxylic acids is 1. The van der Waals surface area contributed by atoms with Crippen molar-refractivity contribution in [3.05, 3.63) is 35.1 Å². The number of hydrogen-bond donors (Lipinski definition) is 2. The van der Waals surface area contributed by atoms with Gasteiger partial charge in [-0.2, -0.15) is 0 Å². The molecule has 0 aliphatic rings. The molecule has 0 aromatic heterocycles. The summed E-state index contributed by atoms with van der Waals surface area (Å²) in [5, 5.41) is 17.9. The van der Waals surface area contributed by atoms with E-state index in [1.165, 1.54) is 12.1 Å². The summed E-state index contributed by atoms with van der Waals surface area (Å²) in [7, 11) is 0. The van der Waals surface area contributed by atoms with Gasteiger partial charge >= 0.3 is 5.97 Å². The molecule has 0 radical (unpaired) electrons. The summed E-state index contributed by atoms with van der Waals surface area (Å²) in [6, 6.07) is 4.35. The molecule has 0 amide bonds. The summed E-state index contributed by atoms with van der Waals surface area (Å²) in [6.45, 7) is 1.63. The molecule has 0 spiro atoms. The van der Waals surface area contributed by atoms with Gasteiger partial charge in [0.05, 0.1) is 12.5 Å². The Labute approximate surface area is 80.8 Å². The number of carbonyl (C=O) groups is 1. The first kappa shape index (κ1) is 10.7. The molecule has 0 aliphatic heterocycles. The molecule has 1 aromatic carbocycles. The highest BCUT2D eigenvalue weighted by Crippen LogP contribution is 2.23. The van der Waals surface area contributed by atoms with Crippen LogP contribution in [0.1, 0.15) is 23.7 Å². The Morgan fingerprint density at radius 2 is 2.21 bits per heavy atom. The van der Waals surface area contributed by atoms with E-state index in [1.54, 1.807) is 13.0 Å². The summed E-state index contributed by atoms with van der Waals surface area (Å²) in [5.74, 6) is -1.72. The first-order valence-electron chi connectivity index (χ1n) is 4.17. The summed E-state index contributed by atoms with van der Waals surface area (Å²) >= 11 is 0. The van der Waals surface area contributed by atoms with E-state index < -0.39 is 24.3 Å². The number of benzene rings is 1. The van der Waals surface area contributed by atoms with Crippen molar-refractivity contribution in [3.63, 3.8) is 0 Å². The fourth-order valence-electron chi connectivity index (χ4n) is 1.33. The van der Waals surface area contributed by atoms with E-state index >= 15 is 0 Å². The fourth-order valence-corrected chi connectivity index (χ4v) is 1.33. The Bertz CT molecular complexity index is 329. The SMILES string of the molecule is Cc1cccc(F)c1[C@@H](O)CC(=O)O. The topological polar surface area (TPSA) is 57.5 Å². The third-order valence-electron chi connectivity index (χ3n) is 1.97. The molecular weight excluding hydrogens is 187 g/mol. The molecule has 1 atom stereocenters. The zero-order valence-electron chi connectivity index (χ0n) is 7.70. The molecule has 4 heteroatoms. The lowest BCUT2D eigenvalue weighted by Gasteiger charge is -2.12. The normalized spacial score (nSPS) is 12.5. The number of carboxylic acid groups (broad SMARTS) is 1. The molecule has 2 N–H and O–H groups in total. The van der Waals surface area contributed by atoms with E-state index in [0.29, 0.717) is 5.56 Å². The summed E-state index contributed by atoms with van der Waals surface area (Å²) in [5.41, 5.74) is 0.619. The average Bonchev–Trinajstić information content (AvgIpc) is 2.01. The van der Waals surface area contributed by atoms with Crippen molar-refractivity contribution in [2.45, 2.75) is 19.4 Å². The maximum atomic E-state index is 13.2. The van der Waals surface area contributed by atoms with Crippen LogP contribution in [-0.4, -0.2) is 16.2 Å². The smallest absolute Gasteiger partial charge is 0.306 e. The maximum Gasteiger partial charge on any atom is 0.306 e. The van der Waals surface area contributed by atoms with E-state index in [1.807, 2.05) is 0 Å². The molecule has 1 rings (SSSR count). The quantitative estimate of drug-likeness (QED) is 0.776. The first-order chi connectivity index (χ1) is 6.52. The Hall–Kier alpha value is -1.42. The second-order valence-corrected chi connectivity index (χ2v) is 3.08. The van der Waals surface area contributed by atoms with Crippen LogP contribution < -0.4 is 0 Å². The summed E-state index contributed by atoms with van der Waals surface area (Å²) in [4.78, 5) is 10.3. The number of aryl methyl sites for hydroxylation is 1.